The minimum Gasteiger partial charge on any atom is -0.466 e. The summed E-state index contributed by atoms with van der Waals surface area (Å²) in [5, 5.41) is 9.54. The zero-order valence-corrected chi connectivity index (χ0v) is 33.3. The van der Waals surface area contributed by atoms with E-state index in [1.807, 2.05) is 0 Å². The average molecular weight is 696 g/mol. The monoisotopic (exact) mass is 696 g/mol. The standard InChI is InChI=1S/C43H85NO5/c1-4-7-10-13-16-24-31-40-48-42(46)34-27-20-17-22-29-36-44(38-39-45)37-30-23-21-28-35-43(47)49-41(32-25-18-14-11-8-5-2)33-26-19-15-12-9-6-3/h41,45H,4-40H2,1-3H3. The predicted molar refractivity (Wildman–Crippen MR) is 209 cm³/mol. The van der Waals surface area contributed by atoms with Crippen LogP contribution in [0.15, 0.2) is 0 Å². The van der Waals surface area contributed by atoms with E-state index in [2.05, 4.69) is 25.7 Å². The summed E-state index contributed by atoms with van der Waals surface area (Å²) < 4.78 is 11.4. The number of aliphatic hydroxyl groups excluding tert-OH is 1. The van der Waals surface area contributed by atoms with Crippen molar-refractivity contribution < 1.29 is 24.2 Å². The minimum absolute atomic E-state index is 0.00395. The van der Waals surface area contributed by atoms with Gasteiger partial charge in [-0.2, -0.15) is 0 Å². The number of hydrogen-bond donors (Lipinski definition) is 1. The maximum atomic E-state index is 12.7. The third kappa shape index (κ3) is 36.5. The van der Waals surface area contributed by atoms with Crippen molar-refractivity contribution in [3.05, 3.63) is 0 Å². The van der Waals surface area contributed by atoms with Gasteiger partial charge < -0.3 is 19.5 Å². The average Bonchev–Trinajstić information content (AvgIpc) is 3.09. The molecule has 0 heterocycles. The van der Waals surface area contributed by atoms with Crippen molar-refractivity contribution in [1.82, 2.24) is 4.90 Å². The van der Waals surface area contributed by atoms with Gasteiger partial charge in [-0.15, -0.1) is 0 Å². The van der Waals surface area contributed by atoms with Gasteiger partial charge in [0.25, 0.3) is 0 Å². The smallest absolute Gasteiger partial charge is 0.306 e. The first-order chi connectivity index (χ1) is 24.1. The molecule has 0 unspecified atom stereocenters. The highest BCUT2D eigenvalue weighted by Crippen LogP contribution is 2.18. The Bertz CT molecular complexity index is 671. The Balaban J connectivity index is 3.97. The van der Waals surface area contributed by atoms with Crippen molar-refractivity contribution in [2.24, 2.45) is 0 Å². The molecule has 6 heteroatoms. The van der Waals surface area contributed by atoms with E-state index in [0.717, 1.165) is 96.7 Å². The molecule has 0 aromatic rings. The SMILES string of the molecule is CCCCCCCCCOC(=O)CCCCCCCN(CCO)CCCCCCC(=O)OC(CCCCCCCC)CCCCCCCC. The van der Waals surface area contributed by atoms with Crippen molar-refractivity contribution in [1.29, 1.82) is 0 Å². The van der Waals surface area contributed by atoms with Crippen LogP contribution < -0.4 is 0 Å². The first-order valence-electron chi connectivity index (χ1n) is 21.8. The molecule has 0 amide bonds. The summed E-state index contributed by atoms with van der Waals surface area (Å²) in [6.07, 6.45) is 36.9. The highest BCUT2D eigenvalue weighted by Gasteiger charge is 2.14. The van der Waals surface area contributed by atoms with Crippen molar-refractivity contribution >= 4 is 11.9 Å². The molecule has 0 aliphatic heterocycles. The summed E-state index contributed by atoms with van der Waals surface area (Å²) in [6, 6.07) is 0. The molecule has 0 rings (SSSR count). The second-order valence-electron chi connectivity index (χ2n) is 14.8. The molecule has 0 fully saturated rings. The summed E-state index contributed by atoms with van der Waals surface area (Å²) in [6.45, 7) is 10.3. The lowest BCUT2D eigenvalue weighted by atomic mass is 10.0. The number of nitrogens with zero attached hydrogens (tertiary/aromatic N) is 1. The van der Waals surface area contributed by atoms with Gasteiger partial charge in [0.1, 0.15) is 6.10 Å². The van der Waals surface area contributed by atoms with Crippen LogP contribution in [0.1, 0.15) is 226 Å². The highest BCUT2D eigenvalue weighted by molar-refractivity contribution is 5.69. The van der Waals surface area contributed by atoms with E-state index in [9.17, 15) is 14.7 Å². The lowest BCUT2D eigenvalue weighted by Gasteiger charge is -2.21. The van der Waals surface area contributed by atoms with Crippen LogP contribution in [0.5, 0.6) is 0 Å². The van der Waals surface area contributed by atoms with Gasteiger partial charge >= 0.3 is 11.9 Å². The lowest BCUT2D eigenvalue weighted by Crippen LogP contribution is -2.29. The van der Waals surface area contributed by atoms with Gasteiger partial charge in [-0.3, -0.25) is 9.59 Å². The van der Waals surface area contributed by atoms with Crippen LogP contribution in [0.3, 0.4) is 0 Å². The van der Waals surface area contributed by atoms with Crippen LogP contribution in [0.25, 0.3) is 0 Å². The molecule has 0 radical (unpaired) electrons. The van der Waals surface area contributed by atoms with Crippen LogP contribution in [0.4, 0.5) is 0 Å². The second kappa shape index (κ2) is 39.6. The first kappa shape index (κ1) is 47.9. The molecule has 1 N–H and O–H groups in total. The van der Waals surface area contributed by atoms with E-state index < -0.39 is 0 Å². The topological polar surface area (TPSA) is 76.1 Å². The predicted octanol–water partition coefficient (Wildman–Crippen LogP) is 12.3. The van der Waals surface area contributed by atoms with E-state index in [-0.39, 0.29) is 24.6 Å². The fourth-order valence-electron chi connectivity index (χ4n) is 6.70. The maximum absolute atomic E-state index is 12.7. The molecule has 0 saturated heterocycles. The molecule has 0 aliphatic carbocycles. The Hall–Kier alpha value is -1.14. The van der Waals surface area contributed by atoms with E-state index in [1.54, 1.807) is 0 Å². The molecule has 6 nitrogen and oxygen atoms in total. The highest BCUT2D eigenvalue weighted by atomic mass is 16.5. The molecule has 0 bridgehead atoms. The molecule has 49 heavy (non-hydrogen) atoms. The summed E-state index contributed by atoms with van der Waals surface area (Å²) in [4.78, 5) is 27.0. The fraction of sp³-hybridized carbons (Fsp3) is 0.953. The van der Waals surface area contributed by atoms with Crippen molar-refractivity contribution in [2.45, 2.75) is 232 Å². The van der Waals surface area contributed by atoms with Gasteiger partial charge in [-0.05, 0) is 70.9 Å². The summed E-state index contributed by atoms with van der Waals surface area (Å²) in [7, 11) is 0. The van der Waals surface area contributed by atoms with E-state index >= 15 is 0 Å². The number of esters is 2. The van der Waals surface area contributed by atoms with Crippen LogP contribution in [-0.4, -0.2) is 60.9 Å². The summed E-state index contributed by atoms with van der Waals surface area (Å²) >= 11 is 0. The molecule has 0 atom stereocenters. The van der Waals surface area contributed by atoms with Crippen molar-refractivity contribution in [3.8, 4) is 0 Å². The quantitative estimate of drug-likeness (QED) is 0.0508. The number of carbonyl (C=O) groups is 2. The van der Waals surface area contributed by atoms with Crippen molar-refractivity contribution in [3.63, 3.8) is 0 Å². The lowest BCUT2D eigenvalue weighted by molar-refractivity contribution is -0.150. The van der Waals surface area contributed by atoms with Crippen LogP contribution in [-0.2, 0) is 19.1 Å². The molecular formula is C43H85NO5. The Morgan fingerprint density at radius 1 is 0.469 bits per heavy atom. The Morgan fingerprint density at radius 2 is 0.857 bits per heavy atom. The number of unbranched alkanes of at least 4 members (excludes halogenated alkanes) is 23. The molecule has 0 aromatic heterocycles. The van der Waals surface area contributed by atoms with Gasteiger partial charge in [0.15, 0.2) is 0 Å². The largest absolute Gasteiger partial charge is 0.466 e. The third-order valence-corrected chi connectivity index (χ3v) is 9.95. The normalized spacial score (nSPS) is 11.6. The van der Waals surface area contributed by atoms with E-state index in [1.165, 1.54) is 116 Å². The zero-order chi connectivity index (χ0) is 35.9. The minimum atomic E-state index is -0.0341. The molecule has 0 spiro atoms. The fourth-order valence-corrected chi connectivity index (χ4v) is 6.70. The second-order valence-corrected chi connectivity index (χ2v) is 14.8. The van der Waals surface area contributed by atoms with Gasteiger partial charge in [-0.25, -0.2) is 0 Å². The van der Waals surface area contributed by atoms with Crippen LogP contribution >= 0.6 is 0 Å². The van der Waals surface area contributed by atoms with Gasteiger partial charge in [0.05, 0.1) is 13.2 Å². The Kier molecular flexibility index (Phi) is 38.7. The number of hydrogen-bond acceptors (Lipinski definition) is 6. The van der Waals surface area contributed by atoms with Gasteiger partial charge in [0, 0.05) is 19.4 Å². The number of ether oxygens (including phenoxy) is 2. The van der Waals surface area contributed by atoms with Gasteiger partial charge in [-0.1, -0.05) is 156 Å². The molecular weight excluding hydrogens is 610 g/mol. The molecule has 292 valence electrons. The van der Waals surface area contributed by atoms with Crippen molar-refractivity contribution in [2.75, 3.05) is 32.8 Å². The number of aliphatic hydroxyl groups is 1. The van der Waals surface area contributed by atoms with Gasteiger partial charge in [0.2, 0.25) is 0 Å². The molecule has 0 aliphatic rings. The molecule has 0 aromatic carbocycles. The first-order valence-corrected chi connectivity index (χ1v) is 21.8. The summed E-state index contributed by atoms with van der Waals surface area (Å²) in [5.74, 6) is -0.0301. The maximum Gasteiger partial charge on any atom is 0.306 e. The zero-order valence-electron chi connectivity index (χ0n) is 33.3. The Morgan fingerprint density at radius 3 is 1.33 bits per heavy atom. The Labute approximate surface area is 305 Å². The summed E-state index contributed by atoms with van der Waals surface area (Å²) in [5.41, 5.74) is 0. The number of rotatable bonds is 40. The van der Waals surface area contributed by atoms with E-state index in [0.29, 0.717) is 19.4 Å². The van der Waals surface area contributed by atoms with E-state index in [4.69, 9.17) is 9.47 Å². The molecule has 0 saturated carbocycles. The van der Waals surface area contributed by atoms with Crippen LogP contribution in [0.2, 0.25) is 0 Å². The number of carbonyl (C=O) groups excluding carboxylic acids is 2. The third-order valence-electron chi connectivity index (χ3n) is 9.95. The van der Waals surface area contributed by atoms with Crippen LogP contribution in [0, 0.1) is 0 Å².